The molecule has 0 amide bonds. The smallest absolute Gasteiger partial charge is 1.00 e. The molecule has 254 valence electrons. The van der Waals surface area contributed by atoms with Gasteiger partial charge in [0, 0.05) is 0 Å². The SMILES string of the molecule is Cc1ccccc1-c1cc2c(cc1C(C)(C)C)-c1cc(C(C)(C)C)c(-c3ccccc3C)[c](/[Zr+2](=[CH]\c3ccccc3)[C]3=CC=CC3)c1C2.[Cl-].[Cl-]. The van der Waals surface area contributed by atoms with Crippen LogP contribution in [-0.4, -0.2) is 3.71 Å². The molecule has 0 saturated carbocycles. The van der Waals surface area contributed by atoms with Crippen molar-refractivity contribution in [3.05, 3.63) is 158 Å². The van der Waals surface area contributed by atoms with Crippen LogP contribution in [0.2, 0.25) is 0 Å². The van der Waals surface area contributed by atoms with Crippen LogP contribution < -0.4 is 28.1 Å². The average molecular weight is 775 g/mol. The molecule has 0 atom stereocenters. The molecular weight excluding hydrogens is 727 g/mol. The first-order chi connectivity index (χ1) is 22.9. The second-order valence-electron chi connectivity index (χ2n) is 15.9. The van der Waals surface area contributed by atoms with Crippen molar-refractivity contribution < 1.29 is 46.1 Å². The number of hydrogen-bond donors (Lipinski definition) is 0. The minimum Gasteiger partial charge on any atom is -1.00 e. The number of rotatable bonds is 5. The van der Waals surface area contributed by atoms with E-state index in [4.69, 9.17) is 0 Å². The van der Waals surface area contributed by atoms with Gasteiger partial charge in [-0.15, -0.1) is 0 Å². The number of aryl methyl sites for hydroxylation is 2. The van der Waals surface area contributed by atoms with Crippen molar-refractivity contribution in [1.82, 2.24) is 0 Å². The third-order valence-corrected chi connectivity index (χ3v) is 17.1. The van der Waals surface area contributed by atoms with Gasteiger partial charge in [-0.1, -0.05) is 0 Å². The molecule has 0 N–H and O–H groups in total. The molecule has 0 unspecified atom stereocenters. The quantitative estimate of drug-likeness (QED) is 0.210. The van der Waals surface area contributed by atoms with Crippen molar-refractivity contribution in [2.24, 2.45) is 0 Å². The monoisotopic (exact) mass is 772 g/mol. The zero-order valence-electron chi connectivity index (χ0n) is 30.7. The van der Waals surface area contributed by atoms with E-state index >= 15 is 0 Å². The fraction of sp³-hybridized carbons (Fsp3) is 0.255. The topological polar surface area (TPSA) is 0 Å². The van der Waals surface area contributed by atoms with Gasteiger partial charge in [0.15, 0.2) is 0 Å². The number of hydrogen-bond acceptors (Lipinski definition) is 0. The molecule has 0 saturated heterocycles. The Hall–Kier alpha value is -3.09. The molecule has 0 heterocycles. The molecule has 0 aliphatic heterocycles. The second kappa shape index (κ2) is 14.9. The molecule has 5 aromatic carbocycles. The maximum atomic E-state index is 2.73. The summed E-state index contributed by atoms with van der Waals surface area (Å²) < 4.78 is 6.07. The first-order valence-electron chi connectivity index (χ1n) is 17.5. The summed E-state index contributed by atoms with van der Waals surface area (Å²) in [5.41, 5.74) is 18.6. The molecule has 0 aromatic heterocycles. The van der Waals surface area contributed by atoms with E-state index in [1.807, 2.05) is 0 Å². The normalized spacial score (nSPS) is 13.3. The van der Waals surface area contributed by atoms with Crippen LogP contribution in [0.4, 0.5) is 0 Å². The van der Waals surface area contributed by atoms with E-state index in [0.29, 0.717) is 0 Å². The molecule has 5 aromatic rings. The molecule has 50 heavy (non-hydrogen) atoms. The van der Waals surface area contributed by atoms with Crippen molar-refractivity contribution in [3.63, 3.8) is 0 Å². The van der Waals surface area contributed by atoms with Crippen molar-refractivity contribution in [1.29, 1.82) is 0 Å². The summed E-state index contributed by atoms with van der Waals surface area (Å²) in [6, 6.07) is 37.0. The Kier molecular flexibility index (Phi) is 11.3. The van der Waals surface area contributed by atoms with Gasteiger partial charge in [-0.2, -0.15) is 0 Å². The molecule has 2 aliphatic rings. The summed E-state index contributed by atoms with van der Waals surface area (Å²) in [5, 5.41) is 0. The van der Waals surface area contributed by atoms with E-state index in [-0.39, 0.29) is 35.6 Å². The number of allylic oxidation sites excluding steroid dienone is 4. The van der Waals surface area contributed by atoms with Crippen LogP contribution in [0, 0.1) is 13.8 Å². The summed E-state index contributed by atoms with van der Waals surface area (Å²) in [5.74, 6) is 0. The number of fused-ring (bicyclic) bond motifs is 3. The minimum atomic E-state index is -2.65. The molecule has 0 bridgehead atoms. The Morgan fingerprint density at radius 2 is 1.18 bits per heavy atom. The second-order valence-corrected chi connectivity index (χ2v) is 21.4. The first-order valence-corrected chi connectivity index (χ1v) is 21.4. The predicted molar refractivity (Wildman–Crippen MR) is 206 cm³/mol. The fourth-order valence-corrected chi connectivity index (χ4v) is 14.9. The molecule has 0 radical (unpaired) electrons. The zero-order valence-corrected chi connectivity index (χ0v) is 34.7. The molecule has 2 aliphatic carbocycles. The maximum Gasteiger partial charge on any atom is -1.00 e. The molecule has 7 rings (SSSR count). The van der Waals surface area contributed by atoms with Gasteiger partial charge in [-0.05, 0) is 0 Å². The van der Waals surface area contributed by atoms with E-state index in [9.17, 15) is 0 Å². The van der Waals surface area contributed by atoms with Crippen LogP contribution >= 0.6 is 0 Å². The summed E-state index contributed by atoms with van der Waals surface area (Å²) in [4.78, 5) is 0. The van der Waals surface area contributed by atoms with Crippen molar-refractivity contribution in [2.75, 3.05) is 0 Å². The number of benzene rings is 5. The first kappa shape index (κ1) is 38.2. The minimum absolute atomic E-state index is 0. The predicted octanol–water partition coefficient (Wildman–Crippen LogP) is 5.75. The maximum absolute atomic E-state index is 2.73. The molecular formula is C47H48Cl2Zr. The van der Waals surface area contributed by atoms with Gasteiger partial charge in [-0.25, -0.2) is 0 Å². The number of halogens is 2. The van der Waals surface area contributed by atoms with Crippen LogP contribution in [0.3, 0.4) is 0 Å². The van der Waals surface area contributed by atoms with Crippen molar-refractivity contribution in [3.8, 4) is 33.4 Å². The van der Waals surface area contributed by atoms with Gasteiger partial charge in [0.2, 0.25) is 0 Å². The fourth-order valence-electron chi connectivity index (χ4n) is 7.81. The van der Waals surface area contributed by atoms with Crippen LogP contribution in [-0.2, 0) is 38.5 Å². The van der Waals surface area contributed by atoms with E-state index in [1.54, 1.807) is 12.1 Å². The summed E-state index contributed by atoms with van der Waals surface area (Å²) >= 11 is -2.65. The summed E-state index contributed by atoms with van der Waals surface area (Å²) in [6.45, 7) is 18.9. The van der Waals surface area contributed by atoms with Gasteiger partial charge in [0.1, 0.15) is 0 Å². The third-order valence-electron chi connectivity index (χ3n) is 10.3. The molecule has 0 fully saturated rings. The van der Waals surface area contributed by atoms with Crippen molar-refractivity contribution >= 4 is 6.98 Å². The third kappa shape index (κ3) is 7.17. The zero-order chi connectivity index (χ0) is 33.8. The van der Waals surface area contributed by atoms with E-state index < -0.39 is 21.3 Å². The Morgan fingerprint density at radius 1 is 0.600 bits per heavy atom. The van der Waals surface area contributed by atoms with Gasteiger partial charge in [-0.3, -0.25) is 0 Å². The average Bonchev–Trinajstić information content (AvgIpc) is 3.71. The van der Waals surface area contributed by atoms with E-state index in [1.165, 1.54) is 66.8 Å². The van der Waals surface area contributed by atoms with Crippen LogP contribution in [0.1, 0.15) is 86.9 Å². The molecule has 3 heteroatoms. The Balaban J connectivity index is 0.00000243. The van der Waals surface area contributed by atoms with Crippen LogP contribution in [0.25, 0.3) is 33.4 Å². The Labute approximate surface area is 320 Å². The van der Waals surface area contributed by atoms with Gasteiger partial charge in [0.25, 0.3) is 0 Å². The molecule has 0 spiro atoms. The van der Waals surface area contributed by atoms with E-state index in [0.717, 1.165) is 12.8 Å². The van der Waals surface area contributed by atoms with Crippen molar-refractivity contribution in [2.45, 2.75) is 79.1 Å². The van der Waals surface area contributed by atoms with Gasteiger partial charge < -0.3 is 24.8 Å². The molecule has 0 nitrogen and oxygen atoms in total. The van der Waals surface area contributed by atoms with Crippen LogP contribution in [0.5, 0.6) is 0 Å². The summed E-state index contributed by atoms with van der Waals surface area (Å²) in [7, 11) is 0. The van der Waals surface area contributed by atoms with Gasteiger partial charge >= 0.3 is 298 Å². The Morgan fingerprint density at radius 3 is 1.76 bits per heavy atom. The Bertz CT molecular complexity index is 2150. The summed E-state index contributed by atoms with van der Waals surface area (Å²) in [6.07, 6.45) is 9.18. The van der Waals surface area contributed by atoms with E-state index in [2.05, 4.69) is 174 Å². The van der Waals surface area contributed by atoms with Crippen LogP contribution in [0.15, 0.2) is 119 Å². The van der Waals surface area contributed by atoms with Gasteiger partial charge in [0.05, 0.1) is 0 Å². The standard InChI is InChI=1S/C35H37.C7H6.C5H5.2ClH.Zr/c1-22-13-9-11-15-26(22)30-18-24-17-25-19-31(27-16-12-10-14-23(27)2)33(35(6,7)8)21-29(25)28(24)20-32(30)34(3,4)5;1-7-5-3-2-4-6-7;1-2-4-5-3-1;;;/h9-16,18,20-21H,17H2,1-8H3;1-6H;1-3H,4H2;2*1H;/q;;;;;+2/p-2. The largest absolute Gasteiger partial charge is 1.00 e.